The molecule has 1 aliphatic rings. The predicted molar refractivity (Wildman–Crippen MR) is 75.6 cm³/mol. The van der Waals surface area contributed by atoms with Crippen LogP contribution in [0.2, 0.25) is 0 Å². The lowest BCUT2D eigenvalue weighted by molar-refractivity contribution is -0.131. The van der Waals surface area contributed by atoms with E-state index >= 15 is 0 Å². The van der Waals surface area contributed by atoms with Gasteiger partial charge in [-0.2, -0.15) is 0 Å². The average molecular weight is 255 g/mol. The molecule has 18 heavy (non-hydrogen) atoms. The second-order valence-electron chi connectivity index (χ2n) is 5.45. The number of amides is 1. The molecule has 0 atom stereocenters. The summed E-state index contributed by atoms with van der Waals surface area (Å²) in [5.74, 6) is 0.239. The SMILES string of the molecule is CCN(CC)CCCNC(=O)C1(C)CCNCC1. The first-order valence-corrected chi connectivity index (χ1v) is 7.33. The van der Waals surface area contributed by atoms with Gasteiger partial charge in [-0.05, 0) is 52.0 Å². The maximum atomic E-state index is 12.2. The van der Waals surface area contributed by atoms with Gasteiger partial charge in [-0.25, -0.2) is 0 Å². The molecule has 1 fully saturated rings. The van der Waals surface area contributed by atoms with Crippen molar-refractivity contribution in [2.45, 2.75) is 40.0 Å². The summed E-state index contributed by atoms with van der Waals surface area (Å²) in [4.78, 5) is 14.5. The summed E-state index contributed by atoms with van der Waals surface area (Å²) in [5.41, 5.74) is -0.152. The second-order valence-corrected chi connectivity index (χ2v) is 5.45. The highest BCUT2D eigenvalue weighted by molar-refractivity contribution is 5.82. The third-order valence-corrected chi connectivity index (χ3v) is 4.09. The van der Waals surface area contributed by atoms with Crippen LogP contribution in [0.3, 0.4) is 0 Å². The van der Waals surface area contributed by atoms with Gasteiger partial charge in [0.2, 0.25) is 5.91 Å². The Morgan fingerprint density at radius 3 is 2.44 bits per heavy atom. The second kappa shape index (κ2) is 7.74. The minimum absolute atomic E-state index is 0.152. The van der Waals surface area contributed by atoms with Crippen molar-refractivity contribution < 1.29 is 4.79 Å². The van der Waals surface area contributed by atoms with Crippen LogP contribution < -0.4 is 10.6 Å². The number of hydrogen-bond donors (Lipinski definition) is 2. The summed E-state index contributed by atoms with van der Waals surface area (Å²) in [6.45, 7) is 12.4. The van der Waals surface area contributed by atoms with Crippen LogP contribution >= 0.6 is 0 Å². The van der Waals surface area contributed by atoms with Gasteiger partial charge in [-0.3, -0.25) is 4.79 Å². The lowest BCUT2D eigenvalue weighted by atomic mass is 9.80. The van der Waals surface area contributed by atoms with Crippen LogP contribution in [-0.4, -0.2) is 50.1 Å². The van der Waals surface area contributed by atoms with Crippen LogP contribution in [-0.2, 0) is 4.79 Å². The first kappa shape index (κ1) is 15.4. The minimum atomic E-state index is -0.152. The van der Waals surface area contributed by atoms with Crippen LogP contribution in [0.1, 0.15) is 40.0 Å². The number of piperidine rings is 1. The molecule has 1 heterocycles. The molecular weight excluding hydrogens is 226 g/mol. The van der Waals surface area contributed by atoms with E-state index in [0.717, 1.165) is 58.5 Å². The van der Waals surface area contributed by atoms with Crippen LogP contribution in [0.25, 0.3) is 0 Å². The molecule has 2 N–H and O–H groups in total. The van der Waals surface area contributed by atoms with Crippen LogP contribution in [0.15, 0.2) is 0 Å². The van der Waals surface area contributed by atoms with Crippen molar-refractivity contribution >= 4 is 5.91 Å². The van der Waals surface area contributed by atoms with Crippen LogP contribution in [0.4, 0.5) is 0 Å². The third kappa shape index (κ3) is 4.58. The van der Waals surface area contributed by atoms with Crippen molar-refractivity contribution in [3.63, 3.8) is 0 Å². The van der Waals surface area contributed by atoms with Gasteiger partial charge in [0.15, 0.2) is 0 Å². The summed E-state index contributed by atoms with van der Waals surface area (Å²) in [6, 6.07) is 0. The first-order valence-electron chi connectivity index (χ1n) is 7.33. The van der Waals surface area contributed by atoms with Crippen molar-refractivity contribution in [1.82, 2.24) is 15.5 Å². The summed E-state index contributed by atoms with van der Waals surface area (Å²) >= 11 is 0. The van der Waals surface area contributed by atoms with Crippen LogP contribution in [0, 0.1) is 5.41 Å². The molecule has 1 saturated heterocycles. The van der Waals surface area contributed by atoms with Crippen molar-refractivity contribution in [1.29, 1.82) is 0 Å². The monoisotopic (exact) mass is 255 g/mol. The Bertz CT molecular complexity index is 245. The Balaban J connectivity index is 2.20. The molecule has 0 radical (unpaired) electrons. The first-order chi connectivity index (χ1) is 8.62. The Hall–Kier alpha value is -0.610. The molecule has 0 spiro atoms. The fourth-order valence-electron chi connectivity index (χ4n) is 2.46. The summed E-state index contributed by atoms with van der Waals surface area (Å²) in [5, 5.41) is 6.41. The Morgan fingerprint density at radius 2 is 1.89 bits per heavy atom. The number of nitrogens with one attached hydrogen (secondary N) is 2. The van der Waals surface area contributed by atoms with Gasteiger partial charge in [-0.1, -0.05) is 20.8 Å². The lowest BCUT2D eigenvalue weighted by Gasteiger charge is -2.32. The van der Waals surface area contributed by atoms with E-state index in [0.29, 0.717) is 0 Å². The zero-order chi connectivity index (χ0) is 13.4. The van der Waals surface area contributed by atoms with E-state index in [1.165, 1.54) is 0 Å². The molecule has 106 valence electrons. The van der Waals surface area contributed by atoms with Gasteiger partial charge in [-0.15, -0.1) is 0 Å². The molecule has 0 aliphatic carbocycles. The molecule has 0 aromatic carbocycles. The van der Waals surface area contributed by atoms with Gasteiger partial charge in [0.25, 0.3) is 0 Å². The molecule has 0 saturated carbocycles. The summed E-state index contributed by atoms with van der Waals surface area (Å²) in [6.07, 6.45) is 2.95. The summed E-state index contributed by atoms with van der Waals surface area (Å²) < 4.78 is 0. The van der Waals surface area contributed by atoms with Crippen LogP contribution in [0.5, 0.6) is 0 Å². The molecule has 1 amide bonds. The number of carbonyl (C=O) groups is 1. The van der Waals surface area contributed by atoms with Gasteiger partial charge < -0.3 is 15.5 Å². The number of hydrogen-bond acceptors (Lipinski definition) is 3. The van der Waals surface area contributed by atoms with Gasteiger partial charge in [0.1, 0.15) is 0 Å². The largest absolute Gasteiger partial charge is 0.356 e. The lowest BCUT2D eigenvalue weighted by Crippen LogP contribution is -2.46. The third-order valence-electron chi connectivity index (χ3n) is 4.09. The minimum Gasteiger partial charge on any atom is -0.356 e. The van der Waals surface area contributed by atoms with Gasteiger partial charge >= 0.3 is 0 Å². The smallest absolute Gasteiger partial charge is 0.226 e. The Kier molecular flexibility index (Phi) is 6.65. The van der Waals surface area contributed by atoms with Gasteiger partial charge in [0, 0.05) is 12.0 Å². The fourth-order valence-corrected chi connectivity index (χ4v) is 2.46. The average Bonchev–Trinajstić information content (AvgIpc) is 2.39. The topological polar surface area (TPSA) is 44.4 Å². The zero-order valence-electron chi connectivity index (χ0n) is 12.2. The van der Waals surface area contributed by atoms with Crippen molar-refractivity contribution in [2.24, 2.45) is 5.41 Å². The zero-order valence-corrected chi connectivity index (χ0v) is 12.2. The van der Waals surface area contributed by atoms with E-state index in [2.05, 4.69) is 36.3 Å². The van der Waals surface area contributed by atoms with Crippen molar-refractivity contribution in [3.8, 4) is 0 Å². The Labute approximate surface area is 111 Å². The van der Waals surface area contributed by atoms with E-state index in [4.69, 9.17) is 0 Å². The maximum Gasteiger partial charge on any atom is 0.226 e. The molecule has 0 aromatic rings. The highest BCUT2D eigenvalue weighted by Crippen LogP contribution is 2.27. The van der Waals surface area contributed by atoms with E-state index < -0.39 is 0 Å². The van der Waals surface area contributed by atoms with E-state index in [1.807, 2.05) is 0 Å². The number of nitrogens with zero attached hydrogens (tertiary/aromatic N) is 1. The van der Waals surface area contributed by atoms with E-state index in [1.54, 1.807) is 0 Å². The fraction of sp³-hybridized carbons (Fsp3) is 0.929. The molecule has 4 nitrogen and oxygen atoms in total. The van der Waals surface area contributed by atoms with E-state index in [-0.39, 0.29) is 11.3 Å². The highest BCUT2D eigenvalue weighted by Gasteiger charge is 2.33. The molecule has 1 rings (SSSR count). The predicted octanol–water partition coefficient (Wildman–Crippen LogP) is 1.22. The highest BCUT2D eigenvalue weighted by atomic mass is 16.2. The van der Waals surface area contributed by atoms with Gasteiger partial charge in [0.05, 0.1) is 0 Å². The Morgan fingerprint density at radius 1 is 1.28 bits per heavy atom. The number of carbonyl (C=O) groups excluding carboxylic acids is 1. The van der Waals surface area contributed by atoms with E-state index in [9.17, 15) is 4.79 Å². The molecule has 0 aromatic heterocycles. The molecule has 1 aliphatic heterocycles. The molecule has 4 heteroatoms. The van der Waals surface area contributed by atoms with Crippen molar-refractivity contribution in [3.05, 3.63) is 0 Å². The molecule has 0 bridgehead atoms. The van der Waals surface area contributed by atoms with Crippen molar-refractivity contribution in [2.75, 3.05) is 39.3 Å². The maximum absolute atomic E-state index is 12.2. The quantitative estimate of drug-likeness (QED) is 0.672. The number of rotatable bonds is 7. The standard InChI is InChI=1S/C14H29N3O/c1-4-17(5-2)12-6-9-16-13(18)14(3)7-10-15-11-8-14/h15H,4-12H2,1-3H3,(H,16,18). The summed E-state index contributed by atoms with van der Waals surface area (Å²) in [7, 11) is 0. The molecule has 0 unspecified atom stereocenters. The molecular formula is C14H29N3O. The normalized spacial score (nSPS) is 18.9.